The van der Waals surface area contributed by atoms with Crippen LogP contribution in [0.4, 0.5) is 4.39 Å². The Morgan fingerprint density at radius 1 is 1.14 bits per heavy atom. The quantitative estimate of drug-likeness (QED) is 0.823. The Bertz CT molecular complexity index is 547. The van der Waals surface area contributed by atoms with Gasteiger partial charge in [-0.1, -0.05) is 30.3 Å². The largest absolute Gasteiger partial charge is 0.491 e. The molecule has 2 rings (SSSR count). The number of nitrogens with one attached hydrogen (secondary N) is 1. The molecule has 0 aliphatic heterocycles. The molecule has 4 heteroatoms. The number of hydrogen-bond donors (Lipinski definition) is 2. The molecular weight excluding hydrogens is 269 g/mol. The fourth-order valence-electron chi connectivity index (χ4n) is 1.97. The first-order chi connectivity index (χ1) is 10.1. The Morgan fingerprint density at radius 2 is 1.90 bits per heavy atom. The first-order valence-corrected chi connectivity index (χ1v) is 7.00. The molecule has 0 saturated carbocycles. The Hall–Kier alpha value is -1.91. The van der Waals surface area contributed by atoms with Gasteiger partial charge in [0.1, 0.15) is 24.3 Å². The third-order valence-electron chi connectivity index (χ3n) is 3.19. The van der Waals surface area contributed by atoms with Crippen LogP contribution in [0.1, 0.15) is 18.5 Å². The summed E-state index contributed by atoms with van der Waals surface area (Å²) in [6.07, 6.45) is -0.624. The third-order valence-corrected chi connectivity index (χ3v) is 3.19. The third kappa shape index (κ3) is 5.17. The highest BCUT2D eigenvalue weighted by atomic mass is 19.1. The monoisotopic (exact) mass is 289 g/mol. The summed E-state index contributed by atoms with van der Waals surface area (Å²) in [6.45, 7) is 2.52. The molecule has 2 aromatic rings. The minimum absolute atomic E-state index is 0.0351. The smallest absolute Gasteiger partial charge is 0.123 e. The van der Waals surface area contributed by atoms with E-state index in [1.54, 1.807) is 6.07 Å². The predicted octanol–water partition coefficient (Wildman–Crippen LogP) is 2.92. The summed E-state index contributed by atoms with van der Waals surface area (Å²) in [5.74, 6) is 0.476. The van der Waals surface area contributed by atoms with Gasteiger partial charge in [0, 0.05) is 12.6 Å². The molecule has 3 nitrogen and oxygen atoms in total. The van der Waals surface area contributed by atoms with Gasteiger partial charge in [0.15, 0.2) is 0 Å². The maximum absolute atomic E-state index is 13.1. The predicted molar refractivity (Wildman–Crippen MR) is 80.8 cm³/mol. The molecule has 0 amide bonds. The van der Waals surface area contributed by atoms with Gasteiger partial charge in [-0.3, -0.25) is 0 Å². The average molecular weight is 289 g/mol. The van der Waals surface area contributed by atoms with Gasteiger partial charge >= 0.3 is 0 Å². The highest BCUT2D eigenvalue weighted by Gasteiger charge is 2.10. The summed E-state index contributed by atoms with van der Waals surface area (Å²) in [7, 11) is 0. The van der Waals surface area contributed by atoms with Crippen LogP contribution in [0.15, 0.2) is 54.6 Å². The number of hydrogen-bond acceptors (Lipinski definition) is 3. The Morgan fingerprint density at radius 3 is 2.62 bits per heavy atom. The van der Waals surface area contributed by atoms with Gasteiger partial charge in [0.05, 0.1) is 0 Å². The van der Waals surface area contributed by atoms with Crippen molar-refractivity contribution < 1.29 is 14.2 Å². The standard InChI is InChI=1S/C17H20FNO2/c1-13(14-6-5-7-15(18)10-14)19-11-16(20)12-21-17-8-3-2-4-9-17/h2-10,13,16,19-20H,11-12H2,1H3/t13-,16?/m0/s1. The summed E-state index contributed by atoms with van der Waals surface area (Å²) in [5.41, 5.74) is 0.853. The van der Waals surface area contributed by atoms with Crippen molar-refractivity contribution in [3.8, 4) is 5.75 Å². The SMILES string of the molecule is C[C@H](NCC(O)COc1ccccc1)c1cccc(F)c1. The molecule has 0 saturated heterocycles. The number of para-hydroxylation sites is 1. The number of aliphatic hydroxyl groups excluding tert-OH is 1. The summed E-state index contributed by atoms with van der Waals surface area (Å²) < 4.78 is 18.6. The zero-order valence-electron chi connectivity index (χ0n) is 12.0. The van der Waals surface area contributed by atoms with Crippen LogP contribution >= 0.6 is 0 Å². The summed E-state index contributed by atoms with van der Waals surface area (Å²) in [4.78, 5) is 0. The first-order valence-electron chi connectivity index (χ1n) is 7.00. The van der Waals surface area contributed by atoms with Gasteiger partial charge in [0.2, 0.25) is 0 Å². The number of benzene rings is 2. The van der Waals surface area contributed by atoms with Crippen LogP contribution in [-0.2, 0) is 0 Å². The number of ether oxygens (including phenoxy) is 1. The van der Waals surface area contributed by atoms with Crippen LogP contribution in [0.2, 0.25) is 0 Å². The van der Waals surface area contributed by atoms with Crippen molar-refractivity contribution in [1.82, 2.24) is 5.32 Å². The van der Waals surface area contributed by atoms with Crippen LogP contribution < -0.4 is 10.1 Å². The molecule has 2 aromatic carbocycles. The molecule has 0 radical (unpaired) electrons. The van der Waals surface area contributed by atoms with Crippen LogP contribution in [0.5, 0.6) is 5.75 Å². The van der Waals surface area contributed by atoms with E-state index in [0.717, 1.165) is 11.3 Å². The highest BCUT2D eigenvalue weighted by molar-refractivity contribution is 5.21. The van der Waals surface area contributed by atoms with Crippen LogP contribution in [-0.4, -0.2) is 24.4 Å². The second kappa shape index (κ2) is 7.76. The topological polar surface area (TPSA) is 41.5 Å². The van der Waals surface area contributed by atoms with Crippen LogP contribution in [0, 0.1) is 5.82 Å². The molecule has 1 unspecified atom stereocenters. The summed E-state index contributed by atoms with van der Waals surface area (Å²) in [5, 5.41) is 13.1. The van der Waals surface area contributed by atoms with Gasteiger partial charge in [-0.2, -0.15) is 0 Å². The van der Waals surface area contributed by atoms with Gasteiger partial charge in [-0.15, -0.1) is 0 Å². The molecule has 2 N–H and O–H groups in total. The normalized spacial score (nSPS) is 13.7. The van der Waals surface area contributed by atoms with Gasteiger partial charge in [-0.05, 0) is 36.8 Å². The van der Waals surface area contributed by atoms with Crippen molar-refractivity contribution in [2.45, 2.75) is 19.1 Å². The zero-order valence-corrected chi connectivity index (χ0v) is 12.0. The lowest BCUT2D eigenvalue weighted by molar-refractivity contribution is 0.104. The van der Waals surface area contributed by atoms with E-state index >= 15 is 0 Å². The van der Waals surface area contributed by atoms with E-state index in [4.69, 9.17) is 4.74 Å². The van der Waals surface area contributed by atoms with E-state index < -0.39 is 6.10 Å². The van der Waals surface area contributed by atoms with Gasteiger partial charge in [-0.25, -0.2) is 4.39 Å². The average Bonchev–Trinajstić information content (AvgIpc) is 2.51. The molecule has 0 aliphatic carbocycles. The maximum atomic E-state index is 13.1. The summed E-state index contributed by atoms with van der Waals surface area (Å²) in [6, 6.07) is 15.8. The summed E-state index contributed by atoms with van der Waals surface area (Å²) >= 11 is 0. The van der Waals surface area contributed by atoms with Crippen molar-refractivity contribution >= 4 is 0 Å². The molecule has 0 fully saturated rings. The lowest BCUT2D eigenvalue weighted by Crippen LogP contribution is -2.33. The Kier molecular flexibility index (Phi) is 5.72. The second-order valence-electron chi connectivity index (χ2n) is 4.96. The molecule has 0 aliphatic rings. The minimum Gasteiger partial charge on any atom is -0.491 e. The van der Waals surface area contributed by atoms with E-state index in [1.807, 2.05) is 43.3 Å². The number of aliphatic hydroxyl groups is 1. The van der Waals surface area contributed by atoms with E-state index in [0.29, 0.717) is 6.54 Å². The second-order valence-corrected chi connectivity index (χ2v) is 4.96. The minimum atomic E-state index is -0.624. The lowest BCUT2D eigenvalue weighted by Gasteiger charge is -2.18. The number of rotatable bonds is 7. The first kappa shape index (κ1) is 15.5. The van der Waals surface area contributed by atoms with E-state index in [-0.39, 0.29) is 18.5 Å². The highest BCUT2D eigenvalue weighted by Crippen LogP contribution is 2.13. The Labute approximate surface area is 124 Å². The number of halogens is 1. The molecule has 0 spiro atoms. The lowest BCUT2D eigenvalue weighted by atomic mass is 10.1. The van der Waals surface area contributed by atoms with Crippen molar-refractivity contribution in [2.75, 3.05) is 13.2 Å². The van der Waals surface area contributed by atoms with Crippen molar-refractivity contribution in [1.29, 1.82) is 0 Å². The molecular formula is C17H20FNO2. The molecule has 0 bridgehead atoms. The van der Waals surface area contributed by atoms with Crippen molar-refractivity contribution in [3.05, 3.63) is 66.0 Å². The maximum Gasteiger partial charge on any atom is 0.123 e. The van der Waals surface area contributed by atoms with E-state index in [9.17, 15) is 9.50 Å². The van der Waals surface area contributed by atoms with Crippen LogP contribution in [0.3, 0.4) is 0 Å². The van der Waals surface area contributed by atoms with E-state index in [2.05, 4.69) is 5.32 Å². The molecule has 2 atom stereocenters. The van der Waals surface area contributed by atoms with Crippen molar-refractivity contribution in [3.63, 3.8) is 0 Å². The van der Waals surface area contributed by atoms with Gasteiger partial charge in [0.25, 0.3) is 0 Å². The molecule has 112 valence electrons. The van der Waals surface area contributed by atoms with Crippen molar-refractivity contribution in [2.24, 2.45) is 0 Å². The Balaban J connectivity index is 1.74. The molecule has 21 heavy (non-hydrogen) atoms. The molecule has 0 aromatic heterocycles. The van der Waals surface area contributed by atoms with Crippen LogP contribution in [0.25, 0.3) is 0 Å². The fourth-order valence-corrected chi connectivity index (χ4v) is 1.97. The molecule has 0 heterocycles. The zero-order chi connectivity index (χ0) is 15.1. The fraction of sp³-hybridized carbons (Fsp3) is 0.294. The van der Waals surface area contributed by atoms with E-state index in [1.165, 1.54) is 12.1 Å². The van der Waals surface area contributed by atoms with Gasteiger partial charge < -0.3 is 15.2 Å².